The number of sulfonamides is 1. The Balaban J connectivity index is 1.66. The van der Waals surface area contributed by atoms with E-state index in [0.717, 1.165) is 30.9 Å². The molecule has 0 spiro atoms. The van der Waals surface area contributed by atoms with Gasteiger partial charge in [-0.3, -0.25) is 9.69 Å². The van der Waals surface area contributed by atoms with Crippen molar-refractivity contribution < 1.29 is 17.9 Å². The monoisotopic (exact) mass is 409 g/mol. The van der Waals surface area contributed by atoms with Crippen LogP contribution in [0.2, 0.25) is 0 Å². The van der Waals surface area contributed by atoms with Crippen LogP contribution in [0, 0.1) is 5.92 Å². The molecule has 1 aromatic rings. The number of ether oxygens (including phenoxy) is 1. The number of benzene rings is 1. The molecule has 0 bridgehead atoms. The van der Waals surface area contributed by atoms with Crippen LogP contribution in [0.3, 0.4) is 0 Å². The zero-order chi connectivity index (χ0) is 20.5. The van der Waals surface area contributed by atoms with Gasteiger partial charge in [-0.25, -0.2) is 13.1 Å². The Morgan fingerprint density at radius 2 is 2.11 bits per heavy atom. The number of carbonyl (C=O) groups excluding carboxylic acids is 1. The Morgan fingerprint density at radius 3 is 2.79 bits per heavy atom. The molecule has 2 aliphatic heterocycles. The summed E-state index contributed by atoms with van der Waals surface area (Å²) in [6, 6.07) is 5.03. The first kappa shape index (κ1) is 21.2. The van der Waals surface area contributed by atoms with E-state index >= 15 is 0 Å². The van der Waals surface area contributed by atoms with E-state index in [-0.39, 0.29) is 29.5 Å². The van der Waals surface area contributed by atoms with Gasteiger partial charge in [-0.15, -0.1) is 0 Å². The zero-order valence-electron chi connectivity index (χ0n) is 17.1. The minimum absolute atomic E-state index is 0.0274. The van der Waals surface area contributed by atoms with Crippen molar-refractivity contribution >= 4 is 21.6 Å². The number of anilines is 1. The van der Waals surface area contributed by atoms with Gasteiger partial charge in [0.05, 0.1) is 17.6 Å². The summed E-state index contributed by atoms with van der Waals surface area (Å²) in [6.07, 6.45) is 0.513. The van der Waals surface area contributed by atoms with Gasteiger partial charge in [0, 0.05) is 44.8 Å². The lowest BCUT2D eigenvalue weighted by atomic mass is 10.1. The fourth-order valence-corrected chi connectivity index (χ4v) is 5.24. The Bertz CT molecular complexity index is 825. The Morgan fingerprint density at radius 1 is 1.36 bits per heavy atom. The minimum atomic E-state index is -3.63. The first-order chi connectivity index (χ1) is 13.2. The van der Waals surface area contributed by atoms with Crippen LogP contribution in [-0.2, 0) is 26.0 Å². The number of carbonyl (C=O) groups is 1. The van der Waals surface area contributed by atoms with Gasteiger partial charge in [0.15, 0.2) is 0 Å². The molecule has 0 radical (unpaired) electrons. The highest BCUT2D eigenvalue weighted by molar-refractivity contribution is 7.89. The van der Waals surface area contributed by atoms with Gasteiger partial charge in [-0.05, 0) is 43.0 Å². The predicted octanol–water partition coefficient (Wildman–Crippen LogP) is 1.62. The highest BCUT2D eigenvalue weighted by atomic mass is 32.2. The second kappa shape index (κ2) is 8.49. The standard InChI is InChI=1S/C20H31N3O4S/c1-14(2)12-22-7-8-27-18(13-22)11-21-28(25,26)19-5-6-20-17(10-19)9-15(3)23(20)16(4)24/h5-6,10,14-15,18,21H,7-9,11-13H2,1-4H3. The number of nitrogens with zero attached hydrogens (tertiary/aromatic N) is 2. The van der Waals surface area contributed by atoms with Crippen molar-refractivity contribution in [3.05, 3.63) is 23.8 Å². The van der Waals surface area contributed by atoms with Crippen molar-refractivity contribution in [3.63, 3.8) is 0 Å². The molecule has 1 N–H and O–H groups in total. The molecule has 0 aromatic heterocycles. The number of amides is 1. The molecule has 3 rings (SSSR count). The summed E-state index contributed by atoms with van der Waals surface area (Å²) in [6.45, 7) is 11.3. The summed E-state index contributed by atoms with van der Waals surface area (Å²) in [4.78, 5) is 16.1. The van der Waals surface area contributed by atoms with Crippen molar-refractivity contribution in [1.82, 2.24) is 9.62 Å². The third-order valence-electron chi connectivity index (χ3n) is 5.26. The SMILES string of the molecule is CC(=O)N1c2ccc(S(=O)(=O)NCC3CN(CC(C)C)CCO3)cc2CC1C. The van der Waals surface area contributed by atoms with Crippen LogP contribution in [0.25, 0.3) is 0 Å². The molecule has 1 saturated heterocycles. The van der Waals surface area contributed by atoms with E-state index in [1.54, 1.807) is 23.1 Å². The summed E-state index contributed by atoms with van der Waals surface area (Å²) < 4.78 is 34.0. The molecule has 0 aliphatic carbocycles. The van der Waals surface area contributed by atoms with Gasteiger partial charge in [0.25, 0.3) is 0 Å². The van der Waals surface area contributed by atoms with Crippen LogP contribution >= 0.6 is 0 Å². The molecule has 2 unspecified atom stereocenters. The van der Waals surface area contributed by atoms with E-state index in [0.29, 0.717) is 18.9 Å². The average molecular weight is 410 g/mol. The summed E-state index contributed by atoms with van der Waals surface area (Å²) >= 11 is 0. The third-order valence-corrected chi connectivity index (χ3v) is 6.68. The number of hydrogen-bond donors (Lipinski definition) is 1. The molecule has 1 fully saturated rings. The maximum atomic E-state index is 12.8. The van der Waals surface area contributed by atoms with E-state index in [2.05, 4.69) is 23.5 Å². The molecule has 2 aliphatic rings. The molecule has 2 heterocycles. The molecule has 156 valence electrons. The maximum Gasteiger partial charge on any atom is 0.240 e. The molecule has 1 amide bonds. The molecule has 1 aromatic carbocycles. The fourth-order valence-electron chi connectivity index (χ4n) is 4.13. The molecule has 0 saturated carbocycles. The molecular weight excluding hydrogens is 378 g/mol. The van der Waals surface area contributed by atoms with E-state index < -0.39 is 10.0 Å². The van der Waals surface area contributed by atoms with Crippen molar-refractivity contribution in [2.24, 2.45) is 5.92 Å². The first-order valence-electron chi connectivity index (χ1n) is 9.93. The lowest BCUT2D eigenvalue weighted by Crippen LogP contribution is -2.48. The van der Waals surface area contributed by atoms with Crippen LogP contribution in [0.15, 0.2) is 23.1 Å². The van der Waals surface area contributed by atoms with Gasteiger partial charge in [-0.2, -0.15) is 0 Å². The molecular formula is C20H31N3O4S. The number of morpholine rings is 1. The second-order valence-corrected chi connectivity index (χ2v) is 10.00. The Labute approximate surface area is 168 Å². The van der Waals surface area contributed by atoms with E-state index in [4.69, 9.17) is 4.74 Å². The van der Waals surface area contributed by atoms with Crippen molar-refractivity contribution in [2.45, 2.75) is 51.2 Å². The lowest BCUT2D eigenvalue weighted by Gasteiger charge is -2.33. The van der Waals surface area contributed by atoms with E-state index in [1.165, 1.54) is 6.92 Å². The number of fused-ring (bicyclic) bond motifs is 1. The van der Waals surface area contributed by atoms with Gasteiger partial charge in [0.1, 0.15) is 0 Å². The quantitative estimate of drug-likeness (QED) is 0.772. The second-order valence-electron chi connectivity index (χ2n) is 8.23. The maximum absolute atomic E-state index is 12.8. The third kappa shape index (κ3) is 4.74. The van der Waals surface area contributed by atoms with Gasteiger partial charge in [0.2, 0.25) is 15.9 Å². The van der Waals surface area contributed by atoms with Gasteiger partial charge in [-0.1, -0.05) is 13.8 Å². The topological polar surface area (TPSA) is 79.0 Å². The molecule has 7 nitrogen and oxygen atoms in total. The predicted molar refractivity (Wildman–Crippen MR) is 109 cm³/mol. The van der Waals surface area contributed by atoms with Crippen LogP contribution < -0.4 is 9.62 Å². The van der Waals surface area contributed by atoms with Crippen LogP contribution in [-0.4, -0.2) is 64.2 Å². The van der Waals surface area contributed by atoms with Crippen LogP contribution in [0.5, 0.6) is 0 Å². The lowest BCUT2D eigenvalue weighted by molar-refractivity contribution is -0.116. The summed E-state index contributed by atoms with van der Waals surface area (Å²) in [5, 5.41) is 0. The number of hydrogen-bond acceptors (Lipinski definition) is 5. The van der Waals surface area contributed by atoms with Crippen LogP contribution in [0.1, 0.15) is 33.3 Å². The highest BCUT2D eigenvalue weighted by Crippen LogP contribution is 2.33. The minimum Gasteiger partial charge on any atom is -0.374 e. The molecule has 2 atom stereocenters. The first-order valence-corrected chi connectivity index (χ1v) is 11.4. The van der Waals surface area contributed by atoms with Gasteiger partial charge >= 0.3 is 0 Å². The van der Waals surface area contributed by atoms with Crippen molar-refractivity contribution in [2.75, 3.05) is 37.7 Å². The summed E-state index contributed by atoms with van der Waals surface area (Å²) in [7, 11) is -3.63. The Kier molecular flexibility index (Phi) is 6.44. The summed E-state index contributed by atoms with van der Waals surface area (Å²) in [5.41, 5.74) is 1.70. The van der Waals surface area contributed by atoms with Crippen LogP contribution in [0.4, 0.5) is 5.69 Å². The van der Waals surface area contributed by atoms with E-state index in [1.807, 2.05) is 6.92 Å². The average Bonchev–Trinajstić information content (AvgIpc) is 2.95. The van der Waals surface area contributed by atoms with E-state index in [9.17, 15) is 13.2 Å². The normalized spacial score (nSPS) is 23.2. The van der Waals surface area contributed by atoms with Crippen molar-refractivity contribution in [1.29, 1.82) is 0 Å². The fraction of sp³-hybridized carbons (Fsp3) is 0.650. The molecule has 28 heavy (non-hydrogen) atoms. The van der Waals surface area contributed by atoms with Gasteiger partial charge < -0.3 is 9.64 Å². The smallest absolute Gasteiger partial charge is 0.240 e. The Hall–Kier alpha value is -1.48. The zero-order valence-corrected chi connectivity index (χ0v) is 18.0. The number of nitrogens with one attached hydrogen (secondary N) is 1. The summed E-state index contributed by atoms with van der Waals surface area (Å²) in [5.74, 6) is 0.541. The number of rotatable bonds is 6. The van der Waals surface area contributed by atoms with Crippen molar-refractivity contribution in [3.8, 4) is 0 Å². The highest BCUT2D eigenvalue weighted by Gasteiger charge is 2.30. The largest absolute Gasteiger partial charge is 0.374 e. The molecule has 8 heteroatoms.